The van der Waals surface area contributed by atoms with Gasteiger partial charge in [0, 0.05) is 17.4 Å². The summed E-state index contributed by atoms with van der Waals surface area (Å²) in [5.74, 6) is -0.208. The fourth-order valence-electron chi connectivity index (χ4n) is 1.51. The Kier molecular flexibility index (Phi) is 3.77. The molecule has 2 aromatic rings. The first kappa shape index (κ1) is 12.6. The monoisotopic (exact) mass is 259 g/mol. The molecule has 5 N–H and O–H groups in total. The number of amides is 3. The topological polar surface area (TPSA) is 113 Å². The van der Waals surface area contributed by atoms with E-state index in [9.17, 15) is 9.59 Å². The molecule has 0 spiro atoms. The zero-order valence-corrected chi connectivity index (χ0v) is 10.0. The molecule has 0 aliphatic rings. The van der Waals surface area contributed by atoms with Crippen LogP contribution in [0.5, 0.6) is 0 Å². The molecule has 98 valence electrons. The van der Waals surface area contributed by atoms with Crippen LogP contribution in [-0.2, 0) is 6.54 Å². The summed E-state index contributed by atoms with van der Waals surface area (Å²) in [6.07, 6.45) is 3.19. The van der Waals surface area contributed by atoms with Gasteiger partial charge >= 0.3 is 6.03 Å². The van der Waals surface area contributed by atoms with Crippen molar-refractivity contribution in [2.24, 2.45) is 5.73 Å². The summed E-state index contributed by atoms with van der Waals surface area (Å²) in [5, 5.41) is 5.16. The number of nitrogens with one attached hydrogen (secondary N) is 3. The van der Waals surface area contributed by atoms with Crippen LogP contribution in [0.2, 0.25) is 0 Å². The van der Waals surface area contributed by atoms with Gasteiger partial charge in [-0.05, 0) is 24.3 Å². The summed E-state index contributed by atoms with van der Waals surface area (Å²) in [5.41, 5.74) is 6.84. The van der Waals surface area contributed by atoms with Gasteiger partial charge in [-0.2, -0.15) is 0 Å². The number of nitrogens with zero attached hydrogens (tertiary/aromatic N) is 1. The van der Waals surface area contributed by atoms with Gasteiger partial charge in [-0.1, -0.05) is 0 Å². The highest BCUT2D eigenvalue weighted by molar-refractivity contribution is 5.95. The minimum absolute atomic E-state index is 0.208. The third-order valence-electron chi connectivity index (χ3n) is 2.41. The normalized spacial score (nSPS) is 9.89. The molecule has 0 atom stereocenters. The Bertz CT molecular complexity index is 562. The lowest BCUT2D eigenvalue weighted by molar-refractivity contribution is 0.0950. The SMILES string of the molecule is NC(=O)Nc1ccc(C(=O)NCc2cnc[nH]2)cc1. The van der Waals surface area contributed by atoms with Crippen molar-refractivity contribution in [3.8, 4) is 0 Å². The highest BCUT2D eigenvalue weighted by Gasteiger charge is 2.05. The van der Waals surface area contributed by atoms with E-state index < -0.39 is 6.03 Å². The van der Waals surface area contributed by atoms with Crippen molar-refractivity contribution in [2.45, 2.75) is 6.54 Å². The van der Waals surface area contributed by atoms with Gasteiger partial charge < -0.3 is 21.4 Å². The summed E-state index contributed by atoms with van der Waals surface area (Å²) >= 11 is 0. The van der Waals surface area contributed by atoms with Crippen LogP contribution in [0.3, 0.4) is 0 Å². The number of urea groups is 1. The molecule has 0 unspecified atom stereocenters. The second-order valence-electron chi connectivity index (χ2n) is 3.83. The van der Waals surface area contributed by atoms with Crippen LogP contribution in [-0.4, -0.2) is 21.9 Å². The molecule has 7 nitrogen and oxygen atoms in total. The largest absolute Gasteiger partial charge is 0.351 e. The van der Waals surface area contributed by atoms with Gasteiger partial charge in [0.05, 0.1) is 18.6 Å². The number of H-pyrrole nitrogens is 1. The van der Waals surface area contributed by atoms with E-state index in [4.69, 9.17) is 5.73 Å². The average Bonchev–Trinajstić information content (AvgIpc) is 2.89. The lowest BCUT2D eigenvalue weighted by atomic mass is 10.2. The molecule has 3 amide bonds. The van der Waals surface area contributed by atoms with Gasteiger partial charge in [0.25, 0.3) is 5.91 Å². The molecular weight excluding hydrogens is 246 g/mol. The number of aromatic nitrogens is 2. The maximum Gasteiger partial charge on any atom is 0.316 e. The predicted molar refractivity (Wildman–Crippen MR) is 69.4 cm³/mol. The van der Waals surface area contributed by atoms with Crippen LogP contribution in [0.1, 0.15) is 16.1 Å². The van der Waals surface area contributed by atoms with E-state index in [2.05, 4.69) is 20.6 Å². The van der Waals surface area contributed by atoms with Gasteiger partial charge in [-0.15, -0.1) is 0 Å². The van der Waals surface area contributed by atoms with Crippen molar-refractivity contribution in [2.75, 3.05) is 5.32 Å². The highest BCUT2D eigenvalue weighted by Crippen LogP contribution is 2.09. The third-order valence-corrected chi connectivity index (χ3v) is 2.41. The molecule has 0 radical (unpaired) electrons. The second kappa shape index (κ2) is 5.67. The highest BCUT2D eigenvalue weighted by atomic mass is 16.2. The Hall–Kier alpha value is -2.83. The first-order chi connectivity index (χ1) is 9.15. The number of rotatable bonds is 4. The van der Waals surface area contributed by atoms with Crippen LogP contribution in [0.4, 0.5) is 10.5 Å². The Morgan fingerprint density at radius 2 is 2.00 bits per heavy atom. The van der Waals surface area contributed by atoms with Gasteiger partial charge in [0.15, 0.2) is 0 Å². The Morgan fingerprint density at radius 3 is 2.58 bits per heavy atom. The summed E-state index contributed by atoms with van der Waals surface area (Å²) in [7, 11) is 0. The van der Waals surface area contributed by atoms with E-state index >= 15 is 0 Å². The van der Waals surface area contributed by atoms with Gasteiger partial charge in [-0.25, -0.2) is 9.78 Å². The van der Waals surface area contributed by atoms with Crippen molar-refractivity contribution in [1.29, 1.82) is 0 Å². The summed E-state index contributed by atoms with van der Waals surface area (Å²) in [6.45, 7) is 0.375. The number of anilines is 1. The van der Waals surface area contributed by atoms with Gasteiger partial charge in [0.1, 0.15) is 0 Å². The second-order valence-corrected chi connectivity index (χ2v) is 3.83. The molecule has 1 aromatic carbocycles. The smallest absolute Gasteiger partial charge is 0.316 e. The molecule has 19 heavy (non-hydrogen) atoms. The van der Waals surface area contributed by atoms with E-state index in [-0.39, 0.29) is 5.91 Å². The fraction of sp³-hybridized carbons (Fsp3) is 0.0833. The third kappa shape index (κ3) is 3.56. The zero-order chi connectivity index (χ0) is 13.7. The summed E-state index contributed by atoms with van der Waals surface area (Å²) < 4.78 is 0. The minimum Gasteiger partial charge on any atom is -0.351 e. The summed E-state index contributed by atoms with van der Waals surface area (Å²) in [4.78, 5) is 29.2. The molecule has 1 aromatic heterocycles. The standard InChI is InChI=1S/C12H13N5O2/c13-12(19)17-9-3-1-8(2-4-9)11(18)15-6-10-5-14-7-16-10/h1-5,7H,6H2,(H,14,16)(H,15,18)(H3,13,17,19). The Morgan fingerprint density at radius 1 is 1.26 bits per heavy atom. The van der Waals surface area contributed by atoms with Gasteiger partial charge in [-0.3, -0.25) is 4.79 Å². The molecule has 0 aliphatic heterocycles. The van der Waals surface area contributed by atoms with Crippen LogP contribution in [0.15, 0.2) is 36.8 Å². The van der Waals surface area contributed by atoms with Crippen molar-refractivity contribution in [3.63, 3.8) is 0 Å². The molecule has 0 saturated heterocycles. The van der Waals surface area contributed by atoms with Crippen molar-refractivity contribution < 1.29 is 9.59 Å². The van der Waals surface area contributed by atoms with E-state index in [1.807, 2.05) is 0 Å². The van der Waals surface area contributed by atoms with Crippen molar-refractivity contribution in [1.82, 2.24) is 15.3 Å². The maximum atomic E-state index is 11.8. The van der Waals surface area contributed by atoms with Crippen LogP contribution < -0.4 is 16.4 Å². The molecular formula is C12H13N5O2. The average molecular weight is 259 g/mol. The summed E-state index contributed by atoms with van der Waals surface area (Å²) in [6, 6.07) is 5.78. The number of aromatic amines is 1. The van der Waals surface area contributed by atoms with E-state index in [0.29, 0.717) is 17.8 Å². The first-order valence-electron chi connectivity index (χ1n) is 5.57. The number of benzene rings is 1. The first-order valence-corrected chi connectivity index (χ1v) is 5.57. The lowest BCUT2D eigenvalue weighted by Crippen LogP contribution is -2.23. The lowest BCUT2D eigenvalue weighted by Gasteiger charge is -2.05. The van der Waals surface area contributed by atoms with Crippen LogP contribution in [0.25, 0.3) is 0 Å². The van der Waals surface area contributed by atoms with Crippen molar-refractivity contribution >= 4 is 17.6 Å². The molecule has 0 bridgehead atoms. The molecule has 1 heterocycles. The molecule has 2 rings (SSSR count). The van der Waals surface area contributed by atoms with Crippen molar-refractivity contribution in [3.05, 3.63) is 48.0 Å². The molecule has 0 saturated carbocycles. The van der Waals surface area contributed by atoms with Crippen LogP contribution >= 0.6 is 0 Å². The number of hydrogen-bond donors (Lipinski definition) is 4. The van der Waals surface area contributed by atoms with E-state index in [0.717, 1.165) is 5.69 Å². The zero-order valence-electron chi connectivity index (χ0n) is 10.0. The number of imidazole rings is 1. The minimum atomic E-state index is -0.642. The number of primary amides is 1. The van der Waals surface area contributed by atoms with Gasteiger partial charge in [0.2, 0.25) is 0 Å². The van der Waals surface area contributed by atoms with Crippen LogP contribution in [0, 0.1) is 0 Å². The molecule has 0 fully saturated rings. The van der Waals surface area contributed by atoms with E-state index in [1.165, 1.54) is 0 Å². The number of hydrogen-bond acceptors (Lipinski definition) is 3. The number of carbonyl (C=O) groups is 2. The Labute approximate surface area is 109 Å². The maximum absolute atomic E-state index is 11.8. The number of carbonyl (C=O) groups excluding carboxylic acids is 2. The Balaban J connectivity index is 1.93. The fourth-order valence-corrected chi connectivity index (χ4v) is 1.51. The molecule has 7 heteroatoms. The van der Waals surface area contributed by atoms with E-state index in [1.54, 1.807) is 36.8 Å². The number of nitrogens with two attached hydrogens (primary N) is 1. The predicted octanol–water partition coefficient (Wildman–Crippen LogP) is 0.830. The molecule has 0 aliphatic carbocycles. The quantitative estimate of drug-likeness (QED) is 0.652.